The van der Waals surface area contributed by atoms with Crippen molar-refractivity contribution in [3.05, 3.63) is 23.9 Å². The molecule has 0 bridgehead atoms. The molecule has 0 aliphatic heterocycles. The Morgan fingerprint density at radius 2 is 2.31 bits per heavy atom. The van der Waals surface area contributed by atoms with E-state index < -0.39 is 0 Å². The van der Waals surface area contributed by atoms with E-state index in [9.17, 15) is 0 Å². The zero-order valence-corrected chi connectivity index (χ0v) is 10.0. The van der Waals surface area contributed by atoms with Gasteiger partial charge in [-0.1, -0.05) is 18.9 Å². The lowest BCUT2D eigenvalue weighted by atomic mass is 10.3. The van der Waals surface area contributed by atoms with Crippen LogP contribution in [-0.2, 0) is 6.54 Å². The van der Waals surface area contributed by atoms with Gasteiger partial charge in [0.1, 0.15) is 5.82 Å². The molecule has 0 aliphatic carbocycles. The third-order valence-corrected chi connectivity index (χ3v) is 2.24. The minimum absolute atomic E-state index is 0.582. The second kappa shape index (κ2) is 6.86. The maximum atomic E-state index is 5.27. The Bertz CT molecular complexity index is 354. The first-order valence-electron chi connectivity index (χ1n) is 5.59. The summed E-state index contributed by atoms with van der Waals surface area (Å²) in [6, 6.07) is 6.01. The Morgan fingerprint density at radius 1 is 1.50 bits per heavy atom. The number of aromatic nitrogens is 1. The summed E-state index contributed by atoms with van der Waals surface area (Å²) < 4.78 is 0. The van der Waals surface area contributed by atoms with Crippen LogP contribution in [0.4, 0.5) is 5.82 Å². The van der Waals surface area contributed by atoms with Crippen molar-refractivity contribution in [1.29, 1.82) is 0 Å². The number of nitrogens with zero attached hydrogens (tertiary/aromatic N) is 2. The monoisotopic (exact) mass is 217 g/mol. The van der Waals surface area contributed by atoms with Crippen molar-refractivity contribution in [2.24, 2.45) is 0 Å². The highest BCUT2D eigenvalue weighted by Crippen LogP contribution is 2.08. The molecule has 1 N–H and O–H groups in total. The van der Waals surface area contributed by atoms with Gasteiger partial charge in [-0.05, 0) is 25.1 Å². The Balaban J connectivity index is 2.60. The van der Waals surface area contributed by atoms with Crippen LogP contribution in [0.25, 0.3) is 0 Å². The molecule has 1 heterocycles. The molecular weight excluding hydrogens is 198 g/mol. The van der Waals surface area contributed by atoms with Crippen molar-refractivity contribution in [1.82, 2.24) is 10.3 Å². The highest BCUT2D eigenvalue weighted by Gasteiger charge is 2.01. The van der Waals surface area contributed by atoms with Crippen LogP contribution < -0.4 is 10.2 Å². The largest absolute Gasteiger partial charge is 0.349 e. The Kier molecular flexibility index (Phi) is 5.38. The lowest BCUT2D eigenvalue weighted by Gasteiger charge is -2.15. The lowest BCUT2D eigenvalue weighted by molar-refractivity contribution is 0.664. The van der Waals surface area contributed by atoms with Gasteiger partial charge in [0.2, 0.25) is 0 Å². The normalized spacial score (nSPS) is 9.81. The van der Waals surface area contributed by atoms with Gasteiger partial charge in [0, 0.05) is 13.6 Å². The molecule has 0 amide bonds. The highest BCUT2D eigenvalue weighted by atomic mass is 15.2. The van der Waals surface area contributed by atoms with E-state index in [2.05, 4.69) is 23.1 Å². The summed E-state index contributed by atoms with van der Waals surface area (Å²) >= 11 is 0. The Labute approximate surface area is 97.9 Å². The molecule has 16 heavy (non-hydrogen) atoms. The number of terminal acetylenes is 1. The van der Waals surface area contributed by atoms with E-state index >= 15 is 0 Å². The molecule has 0 fully saturated rings. The second-order valence-electron chi connectivity index (χ2n) is 3.72. The van der Waals surface area contributed by atoms with Crippen LogP contribution in [0, 0.1) is 12.3 Å². The fourth-order valence-electron chi connectivity index (χ4n) is 1.39. The summed E-state index contributed by atoms with van der Waals surface area (Å²) in [6.45, 7) is 4.56. The standard InChI is InChI=1S/C13H19N3/c1-4-9-14-11-12-7-6-8-13(15-12)16(3)10-5-2/h2,6-8,14H,4,9-11H2,1,3H3. The van der Waals surface area contributed by atoms with Crippen LogP contribution in [0.2, 0.25) is 0 Å². The number of hydrogen-bond donors (Lipinski definition) is 1. The summed E-state index contributed by atoms with van der Waals surface area (Å²) in [4.78, 5) is 6.49. The molecule has 0 spiro atoms. The molecule has 0 saturated heterocycles. The van der Waals surface area contributed by atoms with E-state index in [-0.39, 0.29) is 0 Å². The molecule has 0 saturated carbocycles. The van der Waals surface area contributed by atoms with Crippen LogP contribution in [0.15, 0.2) is 18.2 Å². The van der Waals surface area contributed by atoms with E-state index in [4.69, 9.17) is 6.42 Å². The van der Waals surface area contributed by atoms with Crippen LogP contribution >= 0.6 is 0 Å². The quantitative estimate of drug-likeness (QED) is 0.580. The van der Waals surface area contributed by atoms with Gasteiger partial charge >= 0.3 is 0 Å². The molecule has 1 aromatic heterocycles. The number of pyridine rings is 1. The molecule has 1 rings (SSSR count). The molecule has 0 unspecified atom stereocenters. The topological polar surface area (TPSA) is 28.2 Å². The molecule has 0 radical (unpaired) electrons. The van der Waals surface area contributed by atoms with Crippen LogP contribution in [0.1, 0.15) is 19.0 Å². The molecule has 0 aromatic carbocycles. The third kappa shape index (κ3) is 3.92. The number of hydrogen-bond acceptors (Lipinski definition) is 3. The van der Waals surface area contributed by atoms with Crippen LogP contribution in [-0.4, -0.2) is 25.1 Å². The highest BCUT2D eigenvalue weighted by molar-refractivity contribution is 5.39. The fraction of sp³-hybridized carbons (Fsp3) is 0.462. The number of nitrogens with one attached hydrogen (secondary N) is 1. The first-order chi connectivity index (χ1) is 7.77. The van der Waals surface area contributed by atoms with Gasteiger partial charge in [-0.25, -0.2) is 4.98 Å². The summed E-state index contributed by atoms with van der Waals surface area (Å²) in [6.07, 6.45) is 6.41. The average molecular weight is 217 g/mol. The van der Waals surface area contributed by atoms with E-state index in [1.54, 1.807) is 0 Å². The SMILES string of the molecule is C#CCN(C)c1cccc(CNCCC)n1. The minimum atomic E-state index is 0.582. The van der Waals surface area contributed by atoms with E-state index in [1.165, 1.54) is 0 Å². The maximum Gasteiger partial charge on any atom is 0.129 e. The average Bonchev–Trinajstić information content (AvgIpc) is 2.30. The number of rotatable bonds is 6. The predicted molar refractivity (Wildman–Crippen MR) is 68.3 cm³/mol. The van der Waals surface area contributed by atoms with Gasteiger partial charge in [0.05, 0.1) is 12.2 Å². The maximum absolute atomic E-state index is 5.27. The van der Waals surface area contributed by atoms with Gasteiger partial charge in [-0.15, -0.1) is 6.42 Å². The summed E-state index contributed by atoms with van der Waals surface area (Å²) in [5.41, 5.74) is 1.05. The van der Waals surface area contributed by atoms with Crippen molar-refractivity contribution >= 4 is 5.82 Å². The number of anilines is 1. The fourth-order valence-corrected chi connectivity index (χ4v) is 1.39. The zero-order valence-electron chi connectivity index (χ0n) is 10.0. The molecule has 0 atom stereocenters. The van der Waals surface area contributed by atoms with Crippen LogP contribution in [0.3, 0.4) is 0 Å². The van der Waals surface area contributed by atoms with Crippen molar-refractivity contribution in [3.63, 3.8) is 0 Å². The van der Waals surface area contributed by atoms with E-state index in [0.717, 1.165) is 31.0 Å². The van der Waals surface area contributed by atoms with Gasteiger partial charge < -0.3 is 10.2 Å². The summed E-state index contributed by atoms with van der Waals surface area (Å²) in [7, 11) is 1.95. The molecule has 86 valence electrons. The Morgan fingerprint density at radius 3 is 3.00 bits per heavy atom. The van der Waals surface area contributed by atoms with E-state index in [1.807, 2.05) is 30.1 Å². The summed E-state index contributed by atoms with van der Waals surface area (Å²) in [5.74, 6) is 3.53. The van der Waals surface area contributed by atoms with Gasteiger partial charge in [-0.3, -0.25) is 0 Å². The van der Waals surface area contributed by atoms with Gasteiger partial charge in [0.25, 0.3) is 0 Å². The first kappa shape index (κ1) is 12.5. The first-order valence-corrected chi connectivity index (χ1v) is 5.59. The van der Waals surface area contributed by atoms with Crippen molar-refractivity contribution in [2.75, 3.05) is 25.0 Å². The van der Waals surface area contributed by atoms with Crippen LogP contribution in [0.5, 0.6) is 0 Å². The minimum Gasteiger partial charge on any atom is -0.349 e. The van der Waals surface area contributed by atoms with E-state index in [0.29, 0.717) is 6.54 Å². The second-order valence-corrected chi connectivity index (χ2v) is 3.72. The summed E-state index contributed by atoms with van der Waals surface area (Å²) in [5, 5.41) is 3.33. The molecule has 3 nitrogen and oxygen atoms in total. The molecule has 0 aliphatic rings. The van der Waals surface area contributed by atoms with Crippen molar-refractivity contribution in [2.45, 2.75) is 19.9 Å². The third-order valence-electron chi connectivity index (χ3n) is 2.24. The zero-order chi connectivity index (χ0) is 11.8. The van der Waals surface area contributed by atoms with Gasteiger partial charge in [0.15, 0.2) is 0 Å². The molecule has 3 heteroatoms. The lowest BCUT2D eigenvalue weighted by Crippen LogP contribution is -2.20. The smallest absolute Gasteiger partial charge is 0.129 e. The predicted octanol–water partition coefficient (Wildman–Crippen LogP) is 1.65. The molecule has 1 aromatic rings. The van der Waals surface area contributed by atoms with Gasteiger partial charge in [-0.2, -0.15) is 0 Å². The van der Waals surface area contributed by atoms with Crippen molar-refractivity contribution < 1.29 is 0 Å². The molecular formula is C13H19N3. The Hall–Kier alpha value is -1.53. The van der Waals surface area contributed by atoms with Crippen molar-refractivity contribution in [3.8, 4) is 12.3 Å².